The van der Waals surface area contributed by atoms with Crippen LogP contribution in [0.25, 0.3) is 16.7 Å². The largest absolute Gasteiger partial charge is 0.369 e. The maximum absolute atomic E-state index is 12.8. The highest BCUT2D eigenvalue weighted by Crippen LogP contribution is 2.18. The van der Waals surface area contributed by atoms with Gasteiger partial charge in [-0.1, -0.05) is 36.4 Å². The molecule has 7 nitrogen and oxygen atoms in total. The summed E-state index contributed by atoms with van der Waals surface area (Å²) in [7, 11) is 0. The number of fused-ring (bicyclic) bond motifs is 2. The number of carbonyl (C=O) groups excluding carboxylic acids is 1. The maximum atomic E-state index is 12.8. The minimum atomic E-state index is -0.648. The average Bonchev–Trinajstić information content (AvgIpc) is 2.69. The Morgan fingerprint density at radius 1 is 1.14 bits per heavy atom. The zero-order chi connectivity index (χ0) is 19.7. The molecule has 3 N–H and O–H groups in total. The minimum absolute atomic E-state index is 0.173. The van der Waals surface area contributed by atoms with Crippen LogP contribution in [0.1, 0.15) is 21.5 Å². The summed E-state index contributed by atoms with van der Waals surface area (Å²) in [4.78, 5) is 33.7. The summed E-state index contributed by atoms with van der Waals surface area (Å²) in [6.45, 7) is 2.46. The number of pyridine rings is 2. The van der Waals surface area contributed by atoms with Gasteiger partial charge < -0.3 is 11.1 Å². The molecule has 7 heteroatoms. The third-order valence-electron chi connectivity index (χ3n) is 4.56. The highest BCUT2D eigenvalue weighted by molar-refractivity contribution is 6.00. The van der Waals surface area contributed by atoms with Gasteiger partial charge in [0.05, 0.1) is 10.9 Å². The molecule has 140 valence electrons. The number of nitrogens with two attached hydrogens (primary N) is 1. The summed E-state index contributed by atoms with van der Waals surface area (Å²) >= 11 is 0. The molecule has 0 aliphatic carbocycles. The van der Waals surface area contributed by atoms with Gasteiger partial charge >= 0.3 is 0 Å². The van der Waals surface area contributed by atoms with Crippen LogP contribution < -0.4 is 16.6 Å². The van der Waals surface area contributed by atoms with E-state index in [9.17, 15) is 9.59 Å². The van der Waals surface area contributed by atoms with Crippen molar-refractivity contribution in [2.24, 2.45) is 5.73 Å². The predicted octanol–water partition coefficient (Wildman–Crippen LogP) is 2.30. The first-order chi connectivity index (χ1) is 13.5. The van der Waals surface area contributed by atoms with Crippen molar-refractivity contribution >= 4 is 28.4 Å². The Kier molecular flexibility index (Phi) is 4.49. The molecule has 0 unspecified atom stereocenters. The number of nitrogens with zero attached hydrogens (tertiary/aromatic N) is 3. The summed E-state index contributed by atoms with van der Waals surface area (Å²) in [5.74, 6) is -0.315. The van der Waals surface area contributed by atoms with E-state index in [4.69, 9.17) is 5.73 Å². The number of primary amides is 1. The summed E-state index contributed by atoms with van der Waals surface area (Å²) in [6.07, 6.45) is 2.46. The molecule has 1 aromatic carbocycles. The van der Waals surface area contributed by atoms with E-state index in [1.807, 2.05) is 43.3 Å². The van der Waals surface area contributed by atoms with Crippen LogP contribution in [0.4, 0.5) is 5.82 Å². The molecule has 0 bridgehead atoms. The lowest BCUT2D eigenvalue weighted by molar-refractivity contribution is 0.100. The van der Waals surface area contributed by atoms with E-state index in [-0.39, 0.29) is 22.2 Å². The Bertz CT molecular complexity index is 1250. The van der Waals surface area contributed by atoms with Gasteiger partial charge in [0.2, 0.25) is 0 Å². The first-order valence-corrected chi connectivity index (χ1v) is 8.94. The monoisotopic (exact) mass is 373 g/mol. The number of nitrogens with one attached hydrogen (secondary N) is 1. The molecular formula is C21H19N5O2. The molecule has 0 atom stereocenters. The SMILES string of the molecule is Cc1ccc2nc3nc(NCCc4ccccc4)c(C(N)=O)cc3c(=O)n2c1. The molecule has 0 aliphatic heterocycles. The molecule has 0 fully saturated rings. The van der Waals surface area contributed by atoms with Gasteiger partial charge in [-0.25, -0.2) is 9.97 Å². The standard InChI is InChI=1S/C21H19N5O2/c1-13-7-8-17-24-20-16(21(28)26(17)12-13)11-15(18(22)27)19(25-20)23-10-9-14-5-3-2-4-6-14/h2-8,11-12H,9-10H2,1H3,(H2,22,27)(H,23,25). The van der Waals surface area contributed by atoms with Gasteiger partial charge in [0, 0.05) is 12.7 Å². The number of amides is 1. The van der Waals surface area contributed by atoms with Crippen molar-refractivity contribution in [2.45, 2.75) is 13.3 Å². The second kappa shape index (κ2) is 7.11. The first-order valence-electron chi connectivity index (χ1n) is 8.94. The third kappa shape index (κ3) is 3.29. The summed E-state index contributed by atoms with van der Waals surface area (Å²) in [5.41, 5.74) is 8.28. The van der Waals surface area contributed by atoms with Crippen molar-refractivity contribution in [2.75, 3.05) is 11.9 Å². The van der Waals surface area contributed by atoms with Gasteiger partial charge in [-0.05, 0) is 36.6 Å². The lowest BCUT2D eigenvalue weighted by Gasteiger charge is -2.11. The Balaban J connectivity index is 1.76. The van der Waals surface area contributed by atoms with Crippen LogP contribution in [0, 0.1) is 6.92 Å². The highest BCUT2D eigenvalue weighted by atomic mass is 16.1. The van der Waals surface area contributed by atoms with Crippen LogP contribution in [0.5, 0.6) is 0 Å². The van der Waals surface area contributed by atoms with E-state index in [1.54, 1.807) is 12.3 Å². The van der Waals surface area contributed by atoms with Crippen molar-refractivity contribution in [3.63, 3.8) is 0 Å². The zero-order valence-electron chi connectivity index (χ0n) is 15.3. The Morgan fingerprint density at radius 2 is 1.93 bits per heavy atom. The molecule has 0 saturated heterocycles. The lowest BCUT2D eigenvalue weighted by Crippen LogP contribution is -2.21. The molecule has 3 aromatic heterocycles. The fourth-order valence-electron chi connectivity index (χ4n) is 3.13. The second-order valence-electron chi connectivity index (χ2n) is 6.63. The van der Waals surface area contributed by atoms with Crippen LogP contribution in [0.15, 0.2) is 59.5 Å². The third-order valence-corrected chi connectivity index (χ3v) is 4.56. The number of anilines is 1. The molecule has 28 heavy (non-hydrogen) atoms. The van der Waals surface area contributed by atoms with E-state index in [2.05, 4.69) is 15.3 Å². The molecule has 4 rings (SSSR count). The summed E-state index contributed by atoms with van der Waals surface area (Å²) in [6, 6.07) is 15.1. The fourth-order valence-corrected chi connectivity index (χ4v) is 3.13. The van der Waals surface area contributed by atoms with Gasteiger partial charge in [0.15, 0.2) is 5.65 Å². The number of carbonyl (C=O) groups is 1. The number of benzene rings is 1. The Morgan fingerprint density at radius 3 is 2.68 bits per heavy atom. The van der Waals surface area contributed by atoms with Crippen LogP contribution in [0.2, 0.25) is 0 Å². The quantitative estimate of drug-likeness (QED) is 0.523. The molecule has 3 heterocycles. The van der Waals surface area contributed by atoms with Crippen molar-refractivity contribution in [3.8, 4) is 0 Å². The normalized spacial score (nSPS) is 11.0. The van der Waals surface area contributed by atoms with Crippen LogP contribution >= 0.6 is 0 Å². The Hall–Kier alpha value is -3.74. The van der Waals surface area contributed by atoms with Gasteiger partial charge in [0.1, 0.15) is 11.5 Å². The second-order valence-corrected chi connectivity index (χ2v) is 6.63. The van der Waals surface area contributed by atoms with E-state index < -0.39 is 5.91 Å². The first kappa shape index (κ1) is 17.7. The van der Waals surface area contributed by atoms with Crippen LogP contribution in [-0.4, -0.2) is 26.8 Å². The van der Waals surface area contributed by atoms with Gasteiger partial charge in [0.25, 0.3) is 11.5 Å². The smallest absolute Gasteiger partial charge is 0.267 e. The lowest BCUT2D eigenvalue weighted by atomic mass is 10.1. The number of aryl methyl sites for hydroxylation is 1. The van der Waals surface area contributed by atoms with Crippen molar-refractivity contribution in [3.05, 3.63) is 81.8 Å². The topological polar surface area (TPSA) is 102 Å². The summed E-state index contributed by atoms with van der Waals surface area (Å²) in [5, 5.41) is 3.41. The predicted molar refractivity (Wildman–Crippen MR) is 109 cm³/mol. The van der Waals surface area contributed by atoms with Gasteiger partial charge in [-0.2, -0.15) is 0 Å². The number of hydrogen-bond donors (Lipinski definition) is 2. The molecule has 0 spiro atoms. The maximum Gasteiger partial charge on any atom is 0.267 e. The van der Waals surface area contributed by atoms with Crippen molar-refractivity contribution < 1.29 is 4.79 Å². The van der Waals surface area contributed by atoms with Crippen LogP contribution in [-0.2, 0) is 6.42 Å². The number of rotatable bonds is 5. The van der Waals surface area contributed by atoms with E-state index in [0.29, 0.717) is 18.0 Å². The molecule has 0 saturated carbocycles. The van der Waals surface area contributed by atoms with E-state index in [1.165, 1.54) is 10.5 Å². The molecular weight excluding hydrogens is 354 g/mol. The van der Waals surface area contributed by atoms with Crippen molar-refractivity contribution in [1.82, 2.24) is 14.4 Å². The van der Waals surface area contributed by atoms with E-state index >= 15 is 0 Å². The van der Waals surface area contributed by atoms with Crippen molar-refractivity contribution in [1.29, 1.82) is 0 Å². The zero-order valence-corrected chi connectivity index (χ0v) is 15.3. The van der Waals surface area contributed by atoms with E-state index in [0.717, 1.165) is 17.5 Å². The number of aromatic nitrogens is 3. The molecule has 0 radical (unpaired) electrons. The molecule has 4 aromatic rings. The Labute approximate surface area is 160 Å². The summed E-state index contributed by atoms with van der Waals surface area (Å²) < 4.78 is 1.45. The average molecular weight is 373 g/mol. The minimum Gasteiger partial charge on any atom is -0.369 e. The van der Waals surface area contributed by atoms with Gasteiger partial charge in [-0.15, -0.1) is 0 Å². The molecule has 1 amide bonds. The number of hydrogen-bond acceptors (Lipinski definition) is 5. The van der Waals surface area contributed by atoms with Crippen LogP contribution in [0.3, 0.4) is 0 Å². The molecule has 0 aliphatic rings. The highest BCUT2D eigenvalue weighted by Gasteiger charge is 2.15. The fraction of sp³-hybridized carbons (Fsp3) is 0.143. The van der Waals surface area contributed by atoms with Gasteiger partial charge in [-0.3, -0.25) is 14.0 Å².